The van der Waals surface area contributed by atoms with E-state index in [4.69, 9.17) is 0 Å². The molecule has 1 atom stereocenters. The van der Waals surface area contributed by atoms with Gasteiger partial charge in [0.05, 0.1) is 0 Å². The highest BCUT2D eigenvalue weighted by atomic mass is 16.2. The monoisotopic (exact) mass is 366 g/mol. The van der Waals surface area contributed by atoms with Crippen molar-refractivity contribution in [3.63, 3.8) is 0 Å². The second kappa shape index (κ2) is 8.77. The molecule has 0 spiro atoms. The highest BCUT2D eigenvalue weighted by Crippen LogP contribution is 2.10. The van der Waals surface area contributed by atoms with E-state index in [9.17, 15) is 9.59 Å². The Balaban J connectivity index is 1.49. The lowest BCUT2D eigenvalue weighted by molar-refractivity contribution is -0.134. The zero-order chi connectivity index (χ0) is 19.2. The number of aromatic nitrogens is 1. The Labute approximate surface area is 160 Å². The van der Waals surface area contributed by atoms with Crippen LogP contribution >= 0.6 is 0 Å². The summed E-state index contributed by atoms with van der Waals surface area (Å²) in [6.45, 7) is 7.56. The first kappa shape index (κ1) is 19.0. The number of hydrogen-bond donors (Lipinski definition) is 1. The third-order valence-electron chi connectivity index (χ3n) is 4.84. The third-order valence-corrected chi connectivity index (χ3v) is 4.84. The summed E-state index contributed by atoms with van der Waals surface area (Å²) in [6.07, 6.45) is 3.60. The predicted molar refractivity (Wildman–Crippen MR) is 104 cm³/mol. The molecule has 0 bridgehead atoms. The summed E-state index contributed by atoms with van der Waals surface area (Å²) in [5.41, 5.74) is 2.83. The van der Waals surface area contributed by atoms with Gasteiger partial charge in [0.15, 0.2) is 0 Å². The summed E-state index contributed by atoms with van der Waals surface area (Å²) in [5.74, 6) is -0.240. The average Bonchev–Trinajstić information content (AvgIpc) is 2.69. The van der Waals surface area contributed by atoms with E-state index in [-0.39, 0.29) is 11.8 Å². The lowest BCUT2D eigenvalue weighted by Gasteiger charge is -2.36. The van der Waals surface area contributed by atoms with Crippen molar-refractivity contribution in [2.75, 3.05) is 26.2 Å². The maximum absolute atomic E-state index is 12.7. The molecule has 1 aliphatic heterocycles. The van der Waals surface area contributed by atoms with Crippen LogP contribution in [0.25, 0.3) is 0 Å². The lowest BCUT2D eigenvalue weighted by Crippen LogP contribution is -2.53. The number of rotatable bonds is 5. The van der Waals surface area contributed by atoms with E-state index in [1.54, 1.807) is 25.4 Å². The number of benzene rings is 1. The maximum Gasteiger partial charge on any atom is 0.251 e. The van der Waals surface area contributed by atoms with Gasteiger partial charge < -0.3 is 10.2 Å². The van der Waals surface area contributed by atoms with Gasteiger partial charge >= 0.3 is 0 Å². The van der Waals surface area contributed by atoms with Crippen LogP contribution in [0.2, 0.25) is 0 Å². The number of amides is 2. The summed E-state index contributed by atoms with van der Waals surface area (Å²) in [7, 11) is 0. The fourth-order valence-corrected chi connectivity index (χ4v) is 3.27. The molecule has 1 saturated heterocycles. The molecule has 142 valence electrons. The number of pyridine rings is 1. The Morgan fingerprint density at radius 2 is 1.81 bits per heavy atom. The fourth-order valence-electron chi connectivity index (χ4n) is 3.27. The van der Waals surface area contributed by atoms with Crippen LogP contribution in [0.1, 0.15) is 28.4 Å². The Kier molecular flexibility index (Phi) is 6.19. The third kappa shape index (κ3) is 5.14. The molecule has 0 saturated carbocycles. The van der Waals surface area contributed by atoms with Gasteiger partial charge in [-0.1, -0.05) is 17.7 Å². The van der Waals surface area contributed by atoms with Crippen molar-refractivity contribution in [2.45, 2.75) is 26.4 Å². The van der Waals surface area contributed by atoms with E-state index in [2.05, 4.69) is 15.2 Å². The zero-order valence-corrected chi connectivity index (χ0v) is 15.9. The molecule has 6 heteroatoms. The van der Waals surface area contributed by atoms with E-state index in [0.717, 1.165) is 25.2 Å². The van der Waals surface area contributed by atoms with Crippen molar-refractivity contribution in [1.82, 2.24) is 20.1 Å². The molecule has 1 fully saturated rings. The SMILES string of the molecule is Cc1cccc(C(=O)N[C@@H](C)C(=O)N2CCN(Cc3ccncc3)CC2)c1. The van der Waals surface area contributed by atoms with Crippen LogP contribution in [0, 0.1) is 6.92 Å². The zero-order valence-electron chi connectivity index (χ0n) is 15.9. The average molecular weight is 366 g/mol. The number of piperazine rings is 1. The Morgan fingerprint density at radius 1 is 1.11 bits per heavy atom. The number of carbonyl (C=O) groups is 2. The summed E-state index contributed by atoms with van der Waals surface area (Å²) < 4.78 is 0. The van der Waals surface area contributed by atoms with E-state index in [0.29, 0.717) is 18.7 Å². The molecule has 2 amide bonds. The van der Waals surface area contributed by atoms with Gasteiger partial charge in [-0.15, -0.1) is 0 Å². The summed E-state index contributed by atoms with van der Waals surface area (Å²) in [4.78, 5) is 33.2. The van der Waals surface area contributed by atoms with Crippen LogP contribution < -0.4 is 5.32 Å². The molecule has 27 heavy (non-hydrogen) atoms. The standard InChI is InChI=1S/C21H26N4O2/c1-16-4-3-5-19(14-16)20(26)23-17(2)21(27)25-12-10-24(11-13-25)15-18-6-8-22-9-7-18/h3-9,14,17H,10-13,15H2,1-2H3,(H,23,26)/t17-/m0/s1. The number of carbonyl (C=O) groups excluding carboxylic acids is 2. The molecule has 1 aromatic heterocycles. The second-order valence-corrected chi connectivity index (χ2v) is 7.02. The van der Waals surface area contributed by atoms with Crippen molar-refractivity contribution < 1.29 is 9.59 Å². The predicted octanol–water partition coefficient (Wildman–Crippen LogP) is 1.85. The topological polar surface area (TPSA) is 65.5 Å². The number of aryl methyl sites for hydroxylation is 1. The van der Waals surface area contributed by atoms with E-state index < -0.39 is 6.04 Å². The number of nitrogens with one attached hydrogen (secondary N) is 1. The van der Waals surface area contributed by atoms with Crippen LogP contribution in [-0.4, -0.2) is 58.8 Å². The molecule has 2 aromatic rings. The van der Waals surface area contributed by atoms with Crippen molar-refractivity contribution in [2.24, 2.45) is 0 Å². The van der Waals surface area contributed by atoms with Crippen LogP contribution in [0.15, 0.2) is 48.8 Å². The molecular weight excluding hydrogens is 340 g/mol. The smallest absolute Gasteiger partial charge is 0.251 e. The molecule has 1 N–H and O–H groups in total. The fraction of sp³-hybridized carbons (Fsp3) is 0.381. The van der Waals surface area contributed by atoms with Gasteiger partial charge in [0.1, 0.15) is 6.04 Å². The molecule has 1 aliphatic rings. The number of hydrogen-bond acceptors (Lipinski definition) is 4. The van der Waals surface area contributed by atoms with Crippen molar-refractivity contribution in [1.29, 1.82) is 0 Å². The minimum atomic E-state index is -0.537. The van der Waals surface area contributed by atoms with Crippen molar-refractivity contribution in [3.05, 3.63) is 65.5 Å². The largest absolute Gasteiger partial charge is 0.341 e. The van der Waals surface area contributed by atoms with Gasteiger partial charge in [0.25, 0.3) is 5.91 Å². The molecule has 1 aromatic carbocycles. The van der Waals surface area contributed by atoms with Gasteiger partial charge in [-0.05, 0) is 43.7 Å². The van der Waals surface area contributed by atoms with Gasteiger partial charge in [-0.2, -0.15) is 0 Å². The molecule has 0 radical (unpaired) electrons. The van der Waals surface area contributed by atoms with Gasteiger partial charge in [-0.3, -0.25) is 19.5 Å². The molecule has 0 aliphatic carbocycles. The summed E-state index contributed by atoms with van der Waals surface area (Å²) in [6, 6.07) is 10.9. The van der Waals surface area contributed by atoms with Crippen LogP contribution in [0.4, 0.5) is 0 Å². The quantitative estimate of drug-likeness (QED) is 0.877. The minimum Gasteiger partial charge on any atom is -0.341 e. The summed E-state index contributed by atoms with van der Waals surface area (Å²) >= 11 is 0. The second-order valence-electron chi connectivity index (χ2n) is 7.02. The molecule has 0 unspecified atom stereocenters. The van der Waals surface area contributed by atoms with Crippen molar-refractivity contribution in [3.8, 4) is 0 Å². The Bertz CT molecular complexity index is 786. The van der Waals surface area contributed by atoms with Crippen molar-refractivity contribution >= 4 is 11.8 Å². The van der Waals surface area contributed by atoms with E-state index in [1.165, 1.54) is 5.56 Å². The van der Waals surface area contributed by atoms with Gasteiger partial charge in [0, 0.05) is 50.7 Å². The van der Waals surface area contributed by atoms with Crippen LogP contribution in [-0.2, 0) is 11.3 Å². The molecule has 3 rings (SSSR count). The number of nitrogens with zero attached hydrogens (tertiary/aromatic N) is 3. The van der Waals surface area contributed by atoms with Crippen LogP contribution in [0.5, 0.6) is 0 Å². The van der Waals surface area contributed by atoms with Gasteiger partial charge in [0.2, 0.25) is 5.91 Å². The maximum atomic E-state index is 12.7. The first-order chi connectivity index (χ1) is 13.0. The Morgan fingerprint density at radius 3 is 2.48 bits per heavy atom. The highest BCUT2D eigenvalue weighted by molar-refractivity contribution is 5.97. The Hall–Kier alpha value is -2.73. The molecule has 2 heterocycles. The van der Waals surface area contributed by atoms with Gasteiger partial charge in [-0.25, -0.2) is 0 Å². The highest BCUT2D eigenvalue weighted by Gasteiger charge is 2.26. The molecular formula is C21H26N4O2. The van der Waals surface area contributed by atoms with E-state index in [1.807, 2.05) is 42.2 Å². The summed E-state index contributed by atoms with van der Waals surface area (Å²) in [5, 5.41) is 2.82. The van der Waals surface area contributed by atoms with E-state index >= 15 is 0 Å². The van der Waals surface area contributed by atoms with Crippen LogP contribution in [0.3, 0.4) is 0 Å². The first-order valence-corrected chi connectivity index (χ1v) is 9.30. The minimum absolute atomic E-state index is 0.0282. The normalized spacial score (nSPS) is 16.0. The lowest BCUT2D eigenvalue weighted by atomic mass is 10.1. The molecule has 6 nitrogen and oxygen atoms in total. The first-order valence-electron chi connectivity index (χ1n) is 9.30.